The predicted molar refractivity (Wildman–Crippen MR) is 81.0 cm³/mol. The number of carbonyl (C=O) groups is 1. The van der Waals surface area contributed by atoms with E-state index in [9.17, 15) is 4.79 Å². The molecule has 102 valence electrons. The highest BCUT2D eigenvalue weighted by Crippen LogP contribution is 2.29. The molecule has 0 unspecified atom stereocenters. The van der Waals surface area contributed by atoms with Crippen molar-refractivity contribution in [2.75, 3.05) is 0 Å². The summed E-state index contributed by atoms with van der Waals surface area (Å²) < 4.78 is 2.90. The molecule has 0 aliphatic carbocycles. The molecule has 1 heterocycles. The third-order valence-corrected chi connectivity index (χ3v) is 4.23. The van der Waals surface area contributed by atoms with Crippen molar-refractivity contribution < 1.29 is 4.79 Å². The zero-order chi connectivity index (χ0) is 14.0. The molecule has 6 heteroatoms. The van der Waals surface area contributed by atoms with Crippen LogP contribution in [0.3, 0.4) is 0 Å². The Hall–Kier alpha value is -0.840. The van der Waals surface area contributed by atoms with Crippen LogP contribution in [-0.2, 0) is 11.3 Å². The van der Waals surface area contributed by atoms with Crippen LogP contribution >= 0.6 is 34.5 Å². The lowest BCUT2D eigenvalue weighted by atomic mass is 10.3. The standard InChI is InChI=1S/C13H14Cl2N2OS/c1-3-5-11(18)16-13-17(4-2)12-9(15)6-8(14)7-10(12)19-13/h6-7H,3-5H2,1-2H3. The quantitative estimate of drug-likeness (QED) is 0.833. The number of benzene rings is 1. The van der Waals surface area contributed by atoms with Crippen LogP contribution in [0.5, 0.6) is 0 Å². The van der Waals surface area contributed by atoms with Crippen LogP contribution in [0.2, 0.25) is 10.0 Å². The molecule has 0 saturated carbocycles. The molecule has 0 bridgehead atoms. The number of fused-ring (bicyclic) bond motifs is 1. The van der Waals surface area contributed by atoms with Gasteiger partial charge in [-0.2, -0.15) is 4.99 Å². The number of thiazole rings is 1. The maximum absolute atomic E-state index is 11.7. The molecule has 1 amide bonds. The Labute approximate surface area is 125 Å². The summed E-state index contributed by atoms with van der Waals surface area (Å²) in [6, 6.07) is 3.56. The summed E-state index contributed by atoms with van der Waals surface area (Å²) in [6.45, 7) is 4.67. The fraction of sp³-hybridized carbons (Fsp3) is 0.385. The monoisotopic (exact) mass is 316 g/mol. The lowest BCUT2D eigenvalue weighted by molar-refractivity contribution is -0.118. The molecule has 0 atom stereocenters. The van der Waals surface area contributed by atoms with E-state index in [0.717, 1.165) is 16.6 Å². The molecular weight excluding hydrogens is 303 g/mol. The highest BCUT2D eigenvalue weighted by molar-refractivity contribution is 7.16. The molecule has 3 nitrogen and oxygen atoms in total. The summed E-state index contributed by atoms with van der Waals surface area (Å²) >= 11 is 13.7. The number of aryl methyl sites for hydroxylation is 1. The Kier molecular flexibility index (Phi) is 4.66. The molecule has 2 aromatic rings. The molecule has 0 aliphatic rings. The summed E-state index contributed by atoms with van der Waals surface area (Å²) in [7, 11) is 0. The maximum atomic E-state index is 11.7. The number of halogens is 2. The highest BCUT2D eigenvalue weighted by Gasteiger charge is 2.11. The second kappa shape index (κ2) is 6.07. The first-order chi connectivity index (χ1) is 9.06. The van der Waals surface area contributed by atoms with Crippen LogP contribution < -0.4 is 4.80 Å². The Balaban J connectivity index is 2.69. The first-order valence-corrected chi connectivity index (χ1v) is 7.70. The summed E-state index contributed by atoms with van der Waals surface area (Å²) in [6.07, 6.45) is 1.26. The number of amides is 1. The van der Waals surface area contributed by atoms with Crippen LogP contribution in [0.1, 0.15) is 26.7 Å². The molecular formula is C13H14Cl2N2OS. The van der Waals surface area contributed by atoms with Crippen LogP contribution in [-0.4, -0.2) is 10.5 Å². The molecule has 2 rings (SSSR count). The van der Waals surface area contributed by atoms with Crippen molar-refractivity contribution in [3.05, 3.63) is 27.0 Å². The molecule has 0 spiro atoms. The Morgan fingerprint density at radius 2 is 2.11 bits per heavy atom. The largest absolute Gasteiger partial charge is 0.315 e. The van der Waals surface area contributed by atoms with Gasteiger partial charge in [0.05, 0.1) is 15.2 Å². The minimum absolute atomic E-state index is 0.0986. The summed E-state index contributed by atoms with van der Waals surface area (Å²) in [5.74, 6) is -0.0986. The van der Waals surface area contributed by atoms with Gasteiger partial charge < -0.3 is 4.57 Å². The lowest BCUT2D eigenvalue weighted by Crippen LogP contribution is -2.15. The van der Waals surface area contributed by atoms with E-state index in [-0.39, 0.29) is 5.91 Å². The van der Waals surface area contributed by atoms with Crippen LogP contribution in [0.15, 0.2) is 17.1 Å². The van der Waals surface area contributed by atoms with Gasteiger partial charge in [0, 0.05) is 18.0 Å². The first-order valence-electron chi connectivity index (χ1n) is 6.12. The van der Waals surface area contributed by atoms with Crippen molar-refractivity contribution in [2.45, 2.75) is 33.2 Å². The number of hydrogen-bond acceptors (Lipinski definition) is 2. The van der Waals surface area contributed by atoms with Crippen molar-refractivity contribution in [3.8, 4) is 0 Å². The summed E-state index contributed by atoms with van der Waals surface area (Å²) in [4.78, 5) is 16.5. The minimum Gasteiger partial charge on any atom is -0.315 e. The van der Waals surface area contributed by atoms with Crippen molar-refractivity contribution in [2.24, 2.45) is 4.99 Å². The van der Waals surface area contributed by atoms with Gasteiger partial charge in [0.25, 0.3) is 0 Å². The molecule has 0 saturated heterocycles. The molecule has 1 aromatic heterocycles. The van der Waals surface area contributed by atoms with Crippen molar-refractivity contribution >= 4 is 50.7 Å². The van der Waals surface area contributed by atoms with Crippen LogP contribution in [0.25, 0.3) is 10.2 Å². The summed E-state index contributed by atoms with van der Waals surface area (Å²) in [5, 5.41) is 1.18. The van der Waals surface area contributed by atoms with Gasteiger partial charge >= 0.3 is 0 Å². The fourth-order valence-electron chi connectivity index (χ4n) is 1.88. The van der Waals surface area contributed by atoms with Crippen molar-refractivity contribution in [1.82, 2.24) is 4.57 Å². The number of hydrogen-bond donors (Lipinski definition) is 0. The third-order valence-electron chi connectivity index (χ3n) is 2.70. The van der Waals surface area contributed by atoms with E-state index < -0.39 is 0 Å². The fourth-order valence-corrected chi connectivity index (χ4v) is 3.78. The number of aromatic nitrogens is 1. The van der Waals surface area contributed by atoms with Crippen LogP contribution in [0.4, 0.5) is 0 Å². The van der Waals surface area contributed by atoms with Gasteiger partial charge in [-0.05, 0) is 25.5 Å². The van der Waals surface area contributed by atoms with Gasteiger partial charge in [0.1, 0.15) is 0 Å². The smallest absolute Gasteiger partial charge is 0.248 e. The van der Waals surface area contributed by atoms with Crippen LogP contribution in [0, 0.1) is 0 Å². The normalized spacial score (nSPS) is 12.3. The Morgan fingerprint density at radius 1 is 1.37 bits per heavy atom. The van der Waals surface area contributed by atoms with Crippen molar-refractivity contribution in [3.63, 3.8) is 0 Å². The number of carbonyl (C=O) groups excluding carboxylic acids is 1. The predicted octanol–water partition coefficient (Wildman–Crippen LogP) is 4.26. The Bertz CT molecular complexity index is 688. The van der Waals surface area contributed by atoms with Gasteiger partial charge in [0.15, 0.2) is 4.80 Å². The first kappa shape index (κ1) is 14.6. The number of nitrogens with zero attached hydrogens (tertiary/aromatic N) is 2. The van der Waals surface area contributed by atoms with Gasteiger partial charge in [-0.15, -0.1) is 0 Å². The average molecular weight is 317 g/mol. The SMILES string of the molecule is CCCC(=O)N=c1sc2cc(Cl)cc(Cl)c2n1CC. The minimum atomic E-state index is -0.0986. The van der Waals surface area contributed by atoms with Gasteiger partial charge in [-0.1, -0.05) is 41.5 Å². The second-order valence-corrected chi connectivity index (χ2v) is 5.97. The molecule has 0 N–H and O–H groups in total. The van der Waals surface area contributed by atoms with E-state index in [1.165, 1.54) is 11.3 Å². The van der Waals surface area contributed by atoms with E-state index in [1.807, 2.05) is 24.5 Å². The zero-order valence-corrected chi connectivity index (χ0v) is 13.1. The van der Waals surface area contributed by atoms with E-state index in [0.29, 0.717) is 27.8 Å². The zero-order valence-electron chi connectivity index (χ0n) is 10.7. The van der Waals surface area contributed by atoms with Gasteiger partial charge in [-0.3, -0.25) is 4.79 Å². The average Bonchev–Trinajstić information content (AvgIpc) is 2.66. The molecule has 0 fully saturated rings. The molecule has 19 heavy (non-hydrogen) atoms. The third kappa shape index (κ3) is 3.02. The topological polar surface area (TPSA) is 34.4 Å². The van der Waals surface area contributed by atoms with Crippen molar-refractivity contribution in [1.29, 1.82) is 0 Å². The molecule has 0 radical (unpaired) electrons. The van der Waals surface area contributed by atoms with Gasteiger partial charge in [-0.25, -0.2) is 0 Å². The molecule has 1 aromatic carbocycles. The summed E-state index contributed by atoms with van der Waals surface area (Å²) in [5.41, 5.74) is 0.890. The van der Waals surface area contributed by atoms with E-state index >= 15 is 0 Å². The maximum Gasteiger partial charge on any atom is 0.248 e. The second-order valence-electron chi connectivity index (χ2n) is 4.12. The van der Waals surface area contributed by atoms with E-state index in [4.69, 9.17) is 23.2 Å². The number of rotatable bonds is 3. The highest BCUT2D eigenvalue weighted by atomic mass is 35.5. The Morgan fingerprint density at radius 3 is 2.74 bits per heavy atom. The van der Waals surface area contributed by atoms with Gasteiger partial charge in [0.2, 0.25) is 5.91 Å². The molecule has 0 aliphatic heterocycles. The van der Waals surface area contributed by atoms with E-state index in [2.05, 4.69) is 4.99 Å². The lowest BCUT2D eigenvalue weighted by Gasteiger charge is -2.02. The van der Waals surface area contributed by atoms with E-state index in [1.54, 1.807) is 6.07 Å².